The van der Waals surface area contributed by atoms with Gasteiger partial charge in [-0.2, -0.15) is 0 Å². The predicted octanol–water partition coefficient (Wildman–Crippen LogP) is 4.89. The van der Waals surface area contributed by atoms with Crippen molar-refractivity contribution in [3.8, 4) is 17.0 Å². The lowest BCUT2D eigenvalue weighted by Crippen LogP contribution is -2.15. The first-order valence-electron chi connectivity index (χ1n) is 9.95. The molecule has 12 heteroatoms. The molecule has 0 unspecified atom stereocenters. The van der Waals surface area contributed by atoms with E-state index in [9.17, 15) is 8.42 Å². The fourth-order valence-corrected chi connectivity index (χ4v) is 5.14. The predicted molar refractivity (Wildman–Crippen MR) is 136 cm³/mol. The number of nitrogens with one attached hydrogen (secondary N) is 3. The molecule has 0 aliphatic heterocycles. The Kier molecular flexibility index (Phi) is 6.65. The van der Waals surface area contributed by atoms with Gasteiger partial charge in [0.2, 0.25) is 5.88 Å². The third-order valence-corrected chi connectivity index (χ3v) is 6.97. The Morgan fingerprint density at radius 1 is 0.971 bits per heavy atom. The molecule has 34 heavy (non-hydrogen) atoms. The third kappa shape index (κ3) is 4.52. The summed E-state index contributed by atoms with van der Waals surface area (Å²) in [5.74, 6) is 1.17. The molecule has 3 heterocycles. The van der Waals surface area contributed by atoms with Gasteiger partial charge in [-0.1, -0.05) is 35.3 Å². The number of halogens is 2. The third-order valence-electron chi connectivity index (χ3n) is 4.99. The maximum atomic E-state index is 13.1. The first kappa shape index (κ1) is 23.8. The standard InChI is InChI=1S/C22H20Cl2N6O3S/c1-25-19-9-17-12(10-27-19)7-15(21(26-2)29-17)14-5-4-6-16(20(14)24)30-34(31,32)18-8-13(23)11-28-22(18)33-3/h4-11,30H,1-3H3,(H,25,27)(H,26,29). The molecule has 9 nitrogen and oxygen atoms in total. The normalized spacial score (nSPS) is 11.3. The monoisotopic (exact) mass is 518 g/mol. The molecule has 0 radical (unpaired) electrons. The zero-order valence-electron chi connectivity index (χ0n) is 18.3. The smallest absolute Gasteiger partial charge is 0.267 e. The van der Waals surface area contributed by atoms with Crippen LogP contribution in [0.4, 0.5) is 17.3 Å². The van der Waals surface area contributed by atoms with E-state index in [-0.39, 0.29) is 26.5 Å². The maximum absolute atomic E-state index is 13.1. The van der Waals surface area contributed by atoms with Crippen LogP contribution in [-0.4, -0.2) is 44.6 Å². The van der Waals surface area contributed by atoms with E-state index in [4.69, 9.17) is 27.9 Å². The molecule has 4 aromatic rings. The van der Waals surface area contributed by atoms with Crippen molar-refractivity contribution in [3.05, 3.63) is 58.8 Å². The molecule has 0 aliphatic rings. The summed E-state index contributed by atoms with van der Waals surface area (Å²) in [6, 6.07) is 10.0. The number of benzene rings is 1. The first-order valence-corrected chi connectivity index (χ1v) is 12.2. The lowest BCUT2D eigenvalue weighted by Gasteiger charge is -2.16. The van der Waals surface area contributed by atoms with Crippen LogP contribution in [0.15, 0.2) is 53.7 Å². The Bertz CT molecular complexity index is 1500. The number of anilines is 3. The minimum atomic E-state index is -4.11. The van der Waals surface area contributed by atoms with Crippen LogP contribution >= 0.6 is 23.2 Å². The van der Waals surface area contributed by atoms with Crippen molar-refractivity contribution in [2.75, 3.05) is 36.6 Å². The Morgan fingerprint density at radius 3 is 2.47 bits per heavy atom. The second-order valence-electron chi connectivity index (χ2n) is 7.08. The lowest BCUT2D eigenvalue weighted by atomic mass is 10.0. The van der Waals surface area contributed by atoms with Crippen LogP contribution in [0, 0.1) is 0 Å². The molecule has 0 spiro atoms. The van der Waals surface area contributed by atoms with Crippen LogP contribution in [0.5, 0.6) is 5.88 Å². The number of rotatable bonds is 7. The zero-order chi connectivity index (χ0) is 24.5. The van der Waals surface area contributed by atoms with Gasteiger partial charge in [-0.05, 0) is 18.2 Å². The van der Waals surface area contributed by atoms with Gasteiger partial charge < -0.3 is 15.4 Å². The average molecular weight is 519 g/mol. The van der Waals surface area contributed by atoms with Crippen molar-refractivity contribution in [2.45, 2.75) is 4.90 Å². The average Bonchev–Trinajstić information content (AvgIpc) is 2.84. The van der Waals surface area contributed by atoms with Crippen molar-refractivity contribution >= 4 is 61.5 Å². The summed E-state index contributed by atoms with van der Waals surface area (Å²) in [5.41, 5.74) is 2.17. The van der Waals surface area contributed by atoms with Crippen LogP contribution in [0.2, 0.25) is 10.0 Å². The van der Waals surface area contributed by atoms with Gasteiger partial charge in [0.15, 0.2) is 4.90 Å². The van der Waals surface area contributed by atoms with Crippen molar-refractivity contribution in [1.82, 2.24) is 15.0 Å². The quantitative estimate of drug-likeness (QED) is 0.316. The van der Waals surface area contributed by atoms with Gasteiger partial charge in [-0.3, -0.25) is 4.72 Å². The van der Waals surface area contributed by atoms with Gasteiger partial charge in [0.25, 0.3) is 10.0 Å². The molecule has 4 rings (SSSR count). The van der Waals surface area contributed by atoms with E-state index in [1.54, 1.807) is 38.5 Å². The van der Waals surface area contributed by atoms with Gasteiger partial charge in [-0.25, -0.2) is 23.4 Å². The number of hydrogen-bond acceptors (Lipinski definition) is 8. The molecule has 3 N–H and O–H groups in total. The minimum absolute atomic E-state index is 0.0891. The van der Waals surface area contributed by atoms with E-state index >= 15 is 0 Å². The number of fused-ring (bicyclic) bond motifs is 1. The maximum Gasteiger partial charge on any atom is 0.267 e. The second kappa shape index (κ2) is 9.49. The molecule has 0 fully saturated rings. The largest absolute Gasteiger partial charge is 0.480 e. The molecule has 0 bridgehead atoms. The zero-order valence-corrected chi connectivity index (χ0v) is 20.7. The summed E-state index contributed by atoms with van der Waals surface area (Å²) in [6.45, 7) is 0. The Labute approximate surface area is 206 Å². The summed E-state index contributed by atoms with van der Waals surface area (Å²) >= 11 is 12.6. The number of nitrogens with zero attached hydrogens (tertiary/aromatic N) is 3. The van der Waals surface area contributed by atoms with E-state index in [1.807, 2.05) is 12.1 Å². The van der Waals surface area contributed by atoms with Crippen LogP contribution in [0.3, 0.4) is 0 Å². The minimum Gasteiger partial charge on any atom is -0.480 e. The number of hydrogen-bond donors (Lipinski definition) is 3. The summed E-state index contributed by atoms with van der Waals surface area (Å²) < 4.78 is 33.8. The van der Waals surface area contributed by atoms with E-state index < -0.39 is 10.0 Å². The molecule has 1 aromatic carbocycles. The highest BCUT2D eigenvalue weighted by molar-refractivity contribution is 7.92. The molecule has 0 aliphatic carbocycles. The fraction of sp³-hybridized carbons (Fsp3) is 0.136. The van der Waals surface area contributed by atoms with Crippen LogP contribution in [0.1, 0.15) is 0 Å². The van der Waals surface area contributed by atoms with Gasteiger partial charge in [-0.15, -0.1) is 0 Å². The van der Waals surface area contributed by atoms with Gasteiger partial charge in [0.05, 0.1) is 28.4 Å². The van der Waals surface area contributed by atoms with E-state index in [1.165, 1.54) is 19.4 Å². The molecule has 3 aromatic heterocycles. The van der Waals surface area contributed by atoms with Gasteiger partial charge >= 0.3 is 0 Å². The molecule has 176 valence electrons. The highest BCUT2D eigenvalue weighted by atomic mass is 35.5. The molecular formula is C22H20Cl2N6O3S. The highest BCUT2D eigenvalue weighted by Crippen LogP contribution is 2.39. The van der Waals surface area contributed by atoms with Crippen LogP contribution < -0.4 is 20.1 Å². The number of aromatic nitrogens is 3. The van der Waals surface area contributed by atoms with Crippen molar-refractivity contribution < 1.29 is 13.2 Å². The number of pyridine rings is 3. The fourth-order valence-electron chi connectivity index (χ4n) is 3.37. The van der Waals surface area contributed by atoms with Crippen LogP contribution in [-0.2, 0) is 10.0 Å². The Morgan fingerprint density at radius 2 is 1.76 bits per heavy atom. The molecule has 0 amide bonds. The lowest BCUT2D eigenvalue weighted by molar-refractivity contribution is 0.385. The first-order chi connectivity index (χ1) is 16.3. The van der Waals surface area contributed by atoms with E-state index in [2.05, 4.69) is 30.3 Å². The Balaban J connectivity index is 1.80. The molecule has 0 atom stereocenters. The summed E-state index contributed by atoms with van der Waals surface area (Å²) in [5, 5.41) is 7.20. The van der Waals surface area contributed by atoms with Crippen molar-refractivity contribution in [3.63, 3.8) is 0 Å². The van der Waals surface area contributed by atoms with Crippen molar-refractivity contribution in [2.24, 2.45) is 0 Å². The van der Waals surface area contributed by atoms with E-state index in [0.717, 1.165) is 10.9 Å². The molecular weight excluding hydrogens is 499 g/mol. The van der Waals surface area contributed by atoms with Crippen LogP contribution in [0.25, 0.3) is 22.0 Å². The molecule has 0 saturated heterocycles. The number of ether oxygens (including phenoxy) is 1. The SMILES string of the molecule is CNc1cc2nc(NC)c(-c3cccc(NS(=O)(=O)c4cc(Cl)cnc4OC)c3Cl)cc2cn1. The summed E-state index contributed by atoms with van der Waals surface area (Å²) in [7, 11) is 0.737. The van der Waals surface area contributed by atoms with Gasteiger partial charge in [0.1, 0.15) is 11.6 Å². The molecule has 0 saturated carbocycles. The summed E-state index contributed by atoms with van der Waals surface area (Å²) in [6.07, 6.45) is 3.00. The van der Waals surface area contributed by atoms with Crippen molar-refractivity contribution in [1.29, 1.82) is 0 Å². The van der Waals surface area contributed by atoms with E-state index in [0.29, 0.717) is 22.8 Å². The topological polar surface area (TPSA) is 118 Å². The number of methoxy groups -OCH3 is 1. The second-order valence-corrected chi connectivity index (χ2v) is 9.55. The summed E-state index contributed by atoms with van der Waals surface area (Å²) in [4.78, 5) is 12.7. The van der Waals surface area contributed by atoms with Gasteiger partial charge in [0, 0.05) is 49.1 Å². The highest BCUT2D eigenvalue weighted by Gasteiger charge is 2.24. The number of sulfonamides is 1. The Hall–Kier alpha value is -3.34.